The number of hydrogen-bond donors (Lipinski definition) is 1. The summed E-state index contributed by atoms with van der Waals surface area (Å²) < 4.78 is 5.29. The van der Waals surface area contributed by atoms with Crippen LogP contribution in [0.1, 0.15) is 18.6 Å². The highest BCUT2D eigenvalue weighted by atomic mass is 16.3. The number of anilines is 1. The monoisotopic (exact) mass is 341 g/mol. The van der Waals surface area contributed by atoms with E-state index in [1.54, 1.807) is 23.1 Å². The molecule has 1 aromatic heterocycles. The average molecular weight is 341 g/mol. The third-order valence-corrected chi connectivity index (χ3v) is 4.51. The maximum atomic E-state index is 12.6. The fourth-order valence-electron chi connectivity index (χ4n) is 3.08. The van der Waals surface area contributed by atoms with Gasteiger partial charge in [-0.05, 0) is 37.1 Å². The molecule has 1 fully saturated rings. The minimum absolute atomic E-state index is 0.0410. The van der Waals surface area contributed by atoms with E-state index in [4.69, 9.17) is 4.42 Å². The highest BCUT2D eigenvalue weighted by molar-refractivity contribution is 5.89. The van der Waals surface area contributed by atoms with Gasteiger partial charge in [0.25, 0.3) is 0 Å². The highest BCUT2D eigenvalue weighted by Gasteiger charge is 2.29. The Balaban J connectivity index is 1.47. The predicted molar refractivity (Wildman–Crippen MR) is 94.9 cm³/mol. The zero-order valence-corrected chi connectivity index (χ0v) is 14.4. The smallest absolute Gasteiger partial charge is 0.321 e. The summed E-state index contributed by atoms with van der Waals surface area (Å²) in [6.07, 6.45) is 2.98. The molecule has 1 aromatic carbocycles. The number of nitrogens with zero attached hydrogens (tertiary/aromatic N) is 2. The van der Waals surface area contributed by atoms with E-state index >= 15 is 0 Å². The fourth-order valence-corrected chi connectivity index (χ4v) is 3.08. The van der Waals surface area contributed by atoms with Crippen LogP contribution in [-0.2, 0) is 11.3 Å². The number of likely N-dealkylation sites (tertiary alicyclic amines) is 1. The second-order valence-electron chi connectivity index (χ2n) is 6.33. The van der Waals surface area contributed by atoms with Gasteiger partial charge in [-0.25, -0.2) is 4.79 Å². The van der Waals surface area contributed by atoms with Crippen molar-refractivity contribution in [3.8, 4) is 0 Å². The standard InChI is InChI=1S/C19H23N3O3/c1-21(14-17-8-5-13-25-17)18(23)15-9-11-22(12-10-15)19(24)20-16-6-3-2-4-7-16/h2-8,13,15H,9-12,14H2,1H3,(H,20,24). The van der Waals surface area contributed by atoms with Gasteiger partial charge in [0.2, 0.25) is 5.91 Å². The van der Waals surface area contributed by atoms with Crippen molar-refractivity contribution in [2.24, 2.45) is 5.92 Å². The molecule has 1 N–H and O–H groups in total. The van der Waals surface area contributed by atoms with Gasteiger partial charge in [0.1, 0.15) is 5.76 Å². The van der Waals surface area contributed by atoms with Crippen LogP contribution in [0, 0.1) is 5.92 Å². The lowest BCUT2D eigenvalue weighted by Gasteiger charge is -2.33. The number of carbonyl (C=O) groups is 2. The van der Waals surface area contributed by atoms with Crippen LogP contribution < -0.4 is 5.32 Å². The first-order valence-electron chi connectivity index (χ1n) is 8.52. The van der Waals surface area contributed by atoms with Crippen molar-refractivity contribution < 1.29 is 14.0 Å². The first-order valence-corrected chi connectivity index (χ1v) is 8.52. The van der Waals surface area contributed by atoms with E-state index in [2.05, 4.69) is 5.32 Å². The third kappa shape index (κ3) is 4.41. The van der Waals surface area contributed by atoms with Gasteiger partial charge in [-0.2, -0.15) is 0 Å². The van der Waals surface area contributed by atoms with Gasteiger partial charge in [0.15, 0.2) is 0 Å². The molecule has 1 aliphatic rings. The number of urea groups is 1. The summed E-state index contributed by atoms with van der Waals surface area (Å²) in [5.41, 5.74) is 0.781. The van der Waals surface area contributed by atoms with Crippen molar-refractivity contribution in [2.45, 2.75) is 19.4 Å². The van der Waals surface area contributed by atoms with Crippen LogP contribution >= 0.6 is 0 Å². The molecule has 0 atom stereocenters. The number of hydrogen-bond acceptors (Lipinski definition) is 3. The average Bonchev–Trinajstić information content (AvgIpc) is 3.15. The lowest BCUT2D eigenvalue weighted by atomic mass is 9.95. The third-order valence-electron chi connectivity index (χ3n) is 4.51. The Morgan fingerprint density at radius 3 is 2.52 bits per heavy atom. The van der Waals surface area contributed by atoms with Crippen LogP contribution in [0.15, 0.2) is 53.1 Å². The Labute approximate surface area is 147 Å². The Hall–Kier alpha value is -2.76. The van der Waals surface area contributed by atoms with Crippen molar-refractivity contribution >= 4 is 17.6 Å². The number of furan rings is 1. The molecule has 2 heterocycles. The number of rotatable bonds is 4. The first kappa shape index (κ1) is 17.1. The summed E-state index contributed by atoms with van der Waals surface area (Å²) in [4.78, 5) is 28.3. The minimum Gasteiger partial charge on any atom is -0.467 e. The van der Waals surface area contributed by atoms with E-state index in [-0.39, 0.29) is 17.9 Å². The molecule has 6 heteroatoms. The molecule has 0 spiro atoms. The molecular formula is C19H23N3O3. The number of carbonyl (C=O) groups excluding carboxylic acids is 2. The molecule has 0 saturated carbocycles. The van der Waals surface area contributed by atoms with Gasteiger partial charge in [-0.1, -0.05) is 18.2 Å². The van der Waals surface area contributed by atoms with E-state index in [1.807, 2.05) is 42.5 Å². The number of piperidine rings is 1. The van der Waals surface area contributed by atoms with E-state index in [0.717, 1.165) is 11.4 Å². The van der Waals surface area contributed by atoms with Crippen LogP contribution in [0.5, 0.6) is 0 Å². The van der Waals surface area contributed by atoms with Crippen molar-refractivity contribution in [1.82, 2.24) is 9.80 Å². The van der Waals surface area contributed by atoms with Crippen LogP contribution in [0.2, 0.25) is 0 Å². The molecular weight excluding hydrogens is 318 g/mol. The SMILES string of the molecule is CN(Cc1ccco1)C(=O)C1CCN(C(=O)Nc2ccccc2)CC1. The maximum Gasteiger partial charge on any atom is 0.321 e. The fraction of sp³-hybridized carbons (Fsp3) is 0.368. The van der Waals surface area contributed by atoms with Crippen molar-refractivity contribution in [3.05, 3.63) is 54.5 Å². The minimum atomic E-state index is -0.110. The molecule has 3 amide bonds. The number of amides is 3. The second-order valence-corrected chi connectivity index (χ2v) is 6.33. The van der Waals surface area contributed by atoms with Crippen molar-refractivity contribution in [2.75, 3.05) is 25.5 Å². The molecule has 25 heavy (non-hydrogen) atoms. The van der Waals surface area contributed by atoms with Gasteiger partial charge >= 0.3 is 6.03 Å². The lowest BCUT2D eigenvalue weighted by molar-refractivity contribution is -0.136. The number of benzene rings is 1. The first-order chi connectivity index (χ1) is 12.1. The van der Waals surface area contributed by atoms with Gasteiger partial charge in [0.05, 0.1) is 12.8 Å². The summed E-state index contributed by atoms with van der Waals surface area (Å²) >= 11 is 0. The molecule has 3 rings (SSSR count). The van der Waals surface area contributed by atoms with Gasteiger partial charge in [-0.15, -0.1) is 0 Å². The molecule has 1 aliphatic heterocycles. The Morgan fingerprint density at radius 1 is 1.16 bits per heavy atom. The molecule has 1 saturated heterocycles. The van der Waals surface area contributed by atoms with E-state index in [9.17, 15) is 9.59 Å². The molecule has 0 aliphatic carbocycles. The lowest BCUT2D eigenvalue weighted by Crippen LogP contribution is -2.44. The molecule has 0 bridgehead atoms. The zero-order chi connectivity index (χ0) is 17.6. The zero-order valence-electron chi connectivity index (χ0n) is 14.4. The topological polar surface area (TPSA) is 65.8 Å². The summed E-state index contributed by atoms with van der Waals surface area (Å²) in [6, 6.07) is 13.0. The highest BCUT2D eigenvalue weighted by Crippen LogP contribution is 2.21. The molecule has 2 aromatic rings. The summed E-state index contributed by atoms with van der Waals surface area (Å²) in [7, 11) is 1.79. The summed E-state index contributed by atoms with van der Waals surface area (Å²) in [6.45, 7) is 1.65. The molecule has 132 valence electrons. The van der Waals surface area contributed by atoms with Crippen LogP contribution in [0.25, 0.3) is 0 Å². The maximum absolute atomic E-state index is 12.6. The molecule has 0 unspecified atom stereocenters. The van der Waals surface area contributed by atoms with Crippen LogP contribution in [0.4, 0.5) is 10.5 Å². The number of nitrogens with one attached hydrogen (secondary N) is 1. The van der Waals surface area contributed by atoms with Gasteiger partial charge < -0.3 is 19.5 Å². The van der Waals surface area contributed by atoms with Crippen LogP contribution in [-0.4, -0.2) is 41.9 Å². The van der Waals surface area contributed by atoms with E-state index in [0.29, 0.717) is 32.5 Å². The van der Waals surface area contributed by atoms with Crippen molar-refractivity contribution in [3.63, 3.8) is 0 Å². The Kier molecular flexibility index (Phi) is 5.38. The summed E-state index contributed by atoms with van der Waals surface area (Å²) in [5.74, 6) is 0.843. The molecule has 6 nitrogen and oxygen atoms in total. The van der Waals surface area contributed by atoms with Gasteiger partial charge in [0, 0.05) is 31.7 Å². The van der Waals surface area contributed by atoms with Crippen LogP contribution in [0.3, 0.4) is 0 Å². The largest absolute Gasteiger partial charge is 0.467 e. The normalized spacial score (nSPS) is 15.0. The predicted octanol–water partition coefficient (Wildman–Crippen LogP) is 3.18. The second kappa shape index (κ2) is 7.88. The van der Waals surface area contributed by atoms with Gasteiger partial charge in [-0.3, -0.25) is 4.79 Å². The summed E-state index contributed by atoms with van der Waals surface area (Å²) in [5, 5.41) is 2.89. The molecule has 0 radical (unpaired) electrons. The number of para-hydroxylation sites is 1. The van der Waals surface area contributed by atoms with E-state index < -0.39 is 0 Å². The Bertz CT molecular complexity index is 692. The van der Waals surface area contributed by atoms with Crippen molar-refractivity contribution in [1.29, 1.82) is 0 Å². The van der Waals surface area contributed by atoms with E-state index in [1.165, 1.54) is 0 Å². The quantitative estimate of drug-likeness (QED) is 0.929. The Morgan fingerprint density at radius 2 is 1.88 bits per heavy atom.